The molecule has 8 heteroatoms. The van der Waals surface area contributed by atoms with Crippen LogP contribution in [0.15, 0.2) is 18.2 Å². The third-order valence-electron chi connectivity index (χ3n) is 2.81. The number of ether oxygens (including phenoxy) is 2. The van der Waals surface area contributed by atoms with Gasteiger partial charge in [0.15, 0.2) is 5.69 Å². The van der Waals surface area contributed by atoms with Crippen LogP contribution in [-0.4, -0.2) is 35.2 Å². The average molecular weight is 314 g/mol. The molecular formula is C13H13ClFN3O3. The lowest BCUT2D eigenvalue weighted by molar-refractivity contribution is 0.0588. The highest BCUT2D eigenvalue weighted by Gasteiger charge is 2.20. The van der Waals surface area contributed by atoms with Gasteiger partial charge in [0.25, 0.3) is 0 Å². The van der Waals surface area contributed by atoms with Gasteiger partial charge in [-0.2, -0.15) is 0 Å². The van der Waals surface area contributed by atoms with Crippen LogP contribution in [0.2, 0.25) is 5.02 Å². The normalized spacial score (nSPS) is 10.7. The fraction of sp³-hybridized carbons (Fsp3) is 0.308. The second-order valence-electron chi connectivity index (χ2n) is 4.22. The molecule has 0 aliphatic rings. The molecule has 1 aromatic heterocycles. The lowest BCUT2D eigenvalue weighted by Crippen LogP contribution is -2.11. The molecule has 2 rings (SSSR count). The minimum Gasteiger partial charge on any atom is -0.464 e. The van der Waals surface area contributed by atoms with Crippen LogP contribution in [0.4, 0.5) is 4.39 Å². The van der Waals surface area contributed by atoms with Gasteiger partial charge in [0.2, 0.25) is 0 Å². The minimum atomic E-state index is -0.592. The van der Waals surface area contributed by atoms with Crippen molar-refractivity contribution in [1.82, 2.24) is 15.0 Å². The van der Waals surface area contributed by atoms with E-state index in [1.807, 2.05) is 0 Å². The highest BCUT2D eigenvalue weighted by Crippen LogP contribution is 2.18. The first kappa shape index (κ1) is 15.4. The first-order valence-corrected chi connectivity index (χ1v) is 6.38. The largest absolute Gasteiger partial charge is 0.464 e. The Morgan fingerprint density at radius 2 is 2.19 bits per heavy atom. The number of nitrogens with zero attached hydrogens (tertiary/aromatic N) is 3. The second-order valence-corrected chi connectivity index (χ2v) is 4.62. The van der Waals surface area contributed by atoms with Crippen molar-refractivity contribution in [2.24, 2.45) is 0 Å². The maximum absolute atomic E-state index is 13.1. The number of methoxy groups -OCH3 is 2. The average Bonchev–Trinajstić information content (AvgIpc) is 2.85. The molecule has 6 nitrogen and oxygen atoms in total. The van der Waals surface area contributed by atoms with E-state index in [-0.39, 0.29) is 23.9 Å². The predicted molar refractivity (Wildman–Crippen MR) is 72.6 cm³/mol. The van der Waals surface area contributed by atoms with Crippen LogP contribution >= 0.6 is 11.6 Å². The van der Waals surface area contributed by atoms with E-state index < -0.39 is 11.8 Å². The summed E-state index contributed by atoms with van der Waals surface area (Å²) in [6.07, 6.45) is 0. The summed E-state index contributed by atoms with van der Waals surface area (Å²) in [5, 5.41) is 7.72. The standard InChI is InChI=1S/C13H13ClFN3O3/c1-20-7-11-12(13(19)21-2)16-17-18(11)6-8-3-4-10(15)9(14)5-8/h3-5H,6-7H2,1-2H3. The zero-order valence-electron chi connectivity index (χ0n) is 11.5. The monoisotopic (exact) mass is 313 g/mol. The molecular weight excluding hydrogens is 301 g/mol. The Balaban J connectivity index is 2.32. The van der Waals surface area contributed by atoms with Crippen molar-refractivity contribution in [3.05, 3.63) is 46.0 Å². The van der Waals surface area contributed by atoms with Crippen molar-refractivity contribution in [1.29, 1.82) is 0 Å². The van der Waals surface area contributed by atoms with Crippen molar-refractivity contribution in [2.75, 3.05) is 14.2 Å². The van der Waals surface area contributed by atoms with Crippen molar-refractivity contribution in [3.8, 4) is 0 Å². The van der Waals surface area contributed by atoms with Gasteiger partial charge in [0.05, 0.1) is 31.0 Å². The molecule has 0 N–H and O–H groups in total. The predicted octanol–water partition coefficient (Wildman–Crippen LogP) is 2.05. The molecule has 0 unspecified atom stereocenters. The van der Waals surface area contributed by atoms with Gasteiger partial charge in [-0.3, -0.25) is 0 Å². The van der Waals surface area contributed by atoms with Crippen LogP contribution in [0.5, 0.6) is 0 Å². The maximum Gasteiger partial charge on any atom is 0.360 e. The van der Waals surface area contributed by atoms with Crippen molar-refractivity contribution in [3.63, 3.8) is 0 Å². The highest BCUT2D eigenvalue weighted by molar-refractivity contribution is 6.30. The van der Waals surface area contributed by atoms with Crippen LogP contribution in [0.3, 0.4) is 0 Å². The first-order valence-electron chi connectivity index (χ1n) is 6.00. The lowest BCUT2D eigenvalue weighted by Gasteiger charge is -2.07. The third-order valence-corrected chi connectivity index (χ3v) is 3.10. The summed E-state index contributed by atoms with van der Waals surface area (Å²) in [4.78, 5) is 11.6. The number of benzene rings is 1. The van der Waals surface area contributed by atoms with Crippen LogP contribution < -0.4 is 0 Å². The van der Waals surface area contributed by atoms with Gasteiger partial charge in [0, 0.05) is 7.11 Å². The fourth-order valence-electron chi connectivity index (χ4n) is 1.81. The van der Waals surface area contributed by atoms with Crippen molar-refractivity contribution >= 4 is 17.6 Å². The van der Waals surface area contributed by atoms with Crippen LogP contribution in [-0.2, 0) is 22.6 Å². The number of carbonyl (C=O) groups is 1. The zero-order valence-corrected chi connectivity index (χ0v) is 12.2. The van der Waals surface area contributed by atoms with Crippen LogP contribution in [0.1, 0.15) is 21.7 Å². The summed E-state index contributed by atoms with van der Waals surface area (Å²) in [6.45, 7) is 0.426. The Hall–Kier alpha value is -1.99. The number of aromatic nitrogens is 3. The molecule has 0 aliphatic heterocycles. The molecule has 112 valence electrons. The molecule has 0 bridgehead atoms. The SMILES string of the molecule is COCc1c(C(=O)OC)nnn1Cc1ccc(F)c(Cl)c1. The van der Waals surface area contributed by atoms with Gasteiger partial charge in [0.1, 0.15) is 5.82 Å². The Bertz CT molecular complexity index is 660. The summed E-state index contributed by atoms with van der Waals surface area (Å²) < 4.78 is 24.3. The molecule has 2 aromatic rings. The van der Waals surface area contributed by atoms with Crippen LogP contribution in [0.25, 0.3) is 0 Å². The van der Waals surface area contributed by atoms with E-state index in [2.05, 4.69) is 15.0 Å². The van der Waals surface area contributed by atoms with Crippen LogP contribution in [0, 0.1) is 5.82 Å². The summed E-state index contributed by atoms with van der Waals surface area (Å²) in [7, 11) is 2.75. The van der Waals surface area contributed by atoms with E-state index >= 15 is 0 Å². The van der Waals surface area contributed by atoms with Gasteiger partial charge < -0.3 is 9.47 Å². The lowest BCUT2D eigenvalue weighted by atomic mass is 10.2. The number of halogens is 2. The van der Waals surface area contributed by atoms with E-state index in [4.69, 9.17) is 16.3 Å². The quantitative estimate of drug-likeness (QED) is 0.790. The van der Waals surface area contributed by atoms with E-state index in [1.54, 1.807) is 6.07 Å². The fourth-order valence-corrected chi connectivity index (χ4v) is 2.01. The minimum absolute atomic E-state index is 0.0223. The molecule has 1 aromatic carbocycles. The van der Waals surface area contributed by atoms with Gasteiger partial charge >= 0.3 is 5.97 Å². The smallest absolute Gasteiger partial charge is 0.360 e. The Labute approximate surface area is 125 Å². The molecule has 0 saturated heterocycles. The molecule has 0 radical (unpaired) electrons. The summed E-state index contributed by atoms with van der Waals surface area (Å²) in [5.41, 5.74) is 1.29. The van der Waals surface area contributed by atoms with Gasteiger partial charge in [-0.15, -0.1) is 5.10 Å². The number of hydrogen-bond donors (Lipinski definition) is 0. The molecule has 0 spiro atoms. The maximum atomic E-state index is 13.1. The zero-order chi connectivity index (χ0) is 15.4. The highest BCUT2D eigenvalue weighted by atomic mass is 35.5. The van der Waals surface area contributed by atoms with E-state index in [1.165, 1.54) is 31.0 Å². The Morgan fingerprint density at radius 1 is 1.43 bits per heavy atom. The molecule has 0 amide bonds. The van der Waals surface area contributed by atoms with E-state index in [0.717, 1.165) is 5.56 Å². The van der Waals surface area contributed by atoms with Gasteiger partial charge in [-0.1, -0.05) is 22.9 Å². The van der Waals surface area contributed by atoms with Gasteiger partial charge in [-0.25, -0.2) is 13.9 Å². The summed E-state index contributed by atoms with van der Waals surface area (Å²) in [5.74, 6) is -1.09. The summed E-state index contributed by atoms with van der Waals surface area (Å²) in [6, 6.07) is 4.34. The van der Waals surface area contributed by atoms with E-state index in [0.29, 0.717) is 5.69 Å². The molecule has 0 fully saturated rings. The molecule has 0 atom stereocenters. The number of hydrogen-bond acceptors (Lipinski definition) is 5. The number of rotatable bonds is 5. The Kier molecular flexibility index (Phi) is 4.87. The van der Waals surface area contributed by atoms with E-state index in [9.17, 15) is 9.18 Å². The summed E-state index contributed by atoms with van der Waals surface area (Å²) >= 11 is 5.74. The van der Waals surface area contributed by atoms with Gasteiger partial charge in [-0.05, 0) is 17.7 Å². The molecule has 0 saturated carbocycles. The number of esters is 1. The third kappa shape index (κ3) is 3.37. The van der Waals surface area contributed by atoms with Crippen molar-refractivity contribution < 1.29 is 18.7 Å². The number of carbonyl (C=O) groups excluding carboxylic acids is 1. The molecule has 1 heterocycles. The molecule has 21 heavy (non-hydrogen) atoms. The molecule has 0 aliphatic carbocycles. The topological polar surface area (TPSA) is 66.2 Å². The van der Waals surface area contributed by atoms with Crippen molar-refractivity contribution in [2.45, 2.75) is 13.2 Å². The Morgan fingerprint density at radius 3 is 2.81 bits per heavy atom. The second kappa shape index (κ2) is 6.64. The first-order chi connectivity index (χ1) is 10.1.